The van der Waals surface area contributed by atoms with E-state index in [9.17, 15) is 9.90 Å². The van der Waals surface area contributed by atoms with Gasteiger partial charge in [0.2, 0.25) is 0 Å². The lowest BCUT2D eigenvalue weighted by Gasteiger charge is -2.32. The fourth-order valence-corrected chi connectivity index (χ4v) is 1.85. The van der Waals surface area contributed by atoms with Crippen molar-refractivity contribution >= 4 is 6.09 Å². The molecule has 76 valence electrons. The van der Waals surface area contributed by atoms with Crippen molar-refractivity contribution in [1.82, 2.24) is 4.90 Å². The molecule has 0 spiro atoms. The van der Waals surface area contributed by atoms with Gasteiger partial charge in [-0.3, -0.25) is 9.38 Å². The van der Waals surface area contributed by atoms with Crippen LogP contribution in [0.4, 0.5) is 4.79 Å². The number of rotatable bonds is 3. The minimum absolute atomic E-state index is 0.129. The third-order valence-corrected chi connectivity index (χ3v) is 2.75. The van der Waals surface area contributed by atoms with Crippen molar-refractivity contribution in [1.29, 1.82) is 0 Å². The van der Waals surface area contributed by atoms with Gasteiger partial charge in [0.25, 0.3) is 6.09 Å². The number of carbonyl (C=O) groups is 1. The van der Waals surface area contributed by atoms with Crippen LogP contribution in [0, 0.1) is 0 Å². The second-order valence-electron chi connectivity index (χ2n) is 3.93. The molecule has 1 aliphatic heterocycles. The molecule has 1 rings (SSSR count). The van der Waals surface area contributed by atoms with Crippen molar-refractivity contribution in [2.24, 2.45) is 0 Å². The number of quaternary nitrogens is 1. The van der Waals surface area contributed by atoms with Crippen LogP contribution < -0.4 is 5.11 Å². The summed E-state index contributed by atoms with van der Waals surface area (Å²) < 4.78 is 0.129. The molecule has 0 aromatic carbocycles. The van der Waals surface area contributed by atoms with E-state index in [0.717, 1.165) is 19.4 Å². The van der Waals surface area contributed by atoms with Gasteiger partial charge in [0.15, 0.2) is 0 Å². The average Bonchev–Trinajstić information content (AvgIpc) is 2.45. The molecule has 0 aromatic rings. The Kier molecular flexibility index (Phi) is 3.27. The molecule has 1 saturated heterocycles. The molecular formula is C9H18N2O2. The smallest absolute Gasteiger partial charge is 0.258 e. The monoisotopic (exact) mass is 186 g/mol. The minimum Gasteiger partial charge on any atom is -0.498 e. The summed E-state index contributed by atoms with van der Waals surface area (Å²) in [4.78, 5) is 13.1. The highest BCUT2D eigenvalue weighted by Crippen LogP contribution is 2.16. The Labute approximate surface area is 79.3 Å². The topological polar surface area (TPSA) is 43.4 Å². The van der Waals surface area contributed by atoms with Crippen LogP contribution in [-0.2, 0) is 0 Å². The maximum Gasteiger partial charge on any atom is 0.258 e. The van der Waals surface area contributed by atoms with Gasteiger partial charge in [0, 0.05) is 0 Å². The van der Waals surface area contributed by atoms with Crippen LogP contribution >= 0.6 is 0 Å². The Morgan fingerprint density at radius 2 is 2.31 bits per heavy atom. The van der Waals surface area contributed by atoms with E-state index >= 15 is 0 Å². The van der Waals surface area contributed by atoms with Gasteiger partial charge in [0.1, 0.15) is 6.67 Å². The molecule has 4 heteroatoms. The van der Waals surface area contributed by atoms with Crippen LogP contribution in [-0.4, -0.2) is 48.8 Å². The van der Waals surface area contributed by atoms with Crippen molar-refractivity contribution in [3.8, 4) is 0 Å². The Morgan fingerprint density at radius 3 is 2.69 bits per heavy atom. The van der Waals surface area contributed by atoms with E-state index in [1.165, 1.54) is 0 Å². The molecule has 1 aliphatic rings. The van der Waals surface area contributed by atoms with E-state index in [0.29, 0.717) is 19.8 Å². The fraction of sp³-hybridized carbons (Fsp3) is 0.889. The summed E-state index contributed by atoms with van der Waals surface area (Å²) in [5.74, 6) is 0. The third-order valence-electron chi connectivity index (χ3n) is 2.75. The van der Waals surface area contributed by atoms with Crippen molar-refractivity contribution in [3.63, 3.8) is 0 Å². The first-order valence-electron chi connectivity index (χ1n) is 4.87. The quantitative estimate of drug-likeness (QED) is 0.576. The van der Waals surface area contributed by atoms with Crippen molar-refractivity contribution in [2.75, 3.05) is 33.4 Å². The lowest BCUT2D eigenvalue weighted by molar-refractivity contribution is -0.868. The summed E-state index contributed by atoms with van der Waals surface area (Å²) in [6, 6.07) is 0. The molecule has 0 bridgehead atoms. The number of hydrogen-bond acceptors (Lipinski definition) is 3. The predicted octanol–water partition coefficient (Wildman–Crippen LogP) is -0.151. The second kappa shape index (κ2) is 4.07. The van der Waals surface area contributed by atoms with Gasteiger partial charge in [0.05, 0.1) is 19.6 Å². The second-order valence-corrected chi connectivity index (χ2v) is 3.93. The molecule has 4 nitrogen and oxygen atoms in total. The average molecular weight is 186 g/mol. The molecular weight excluding hydrogens is 168 g/mol. The van der Waals surface area contributed by atoms with Gasteiger partial charge >= 0.3 is 0 Å². The van der Waals surface area contributed by atoms with Crippen molar-refractivity contribution < 1.29 is 14.4 Å². The summed E-state index contributed by atoms with van der Waals surface area (Å²) in [6.45, 7) is 4.94. The van der Waals surface area contributed by atoms with E-state index < -0.39 is 6.09 Å². The number of hydrogen-bond donors (Lipinski definition) is 0. The highest BCUT2D eigenvalue weighted by Gasteiger charge is 2.36. The largest absolute Gasteiger partial charge is 0.498 e. The molecule has 1 unspecified atom stereocenters. The Hall–Kier alpha value is -0.610. The third kappa shape index (κ3) is 2.19. The van der Waals surface area contributed by atoms with Gasteiger partial charge in [-0.2, -0.15) is 0 Å². The summed E-state index contributed by atoms with van der Waals surface area (Å²) >= 11 is 0. The summed E-state index contributed by atoms with van der Waals surface area (Å²) in [7, 11) is 1.95. The van der Waals surface area contributed by atoms with E-state index in [2.05, 4.69) is 6.92 Å². The van der Waals surface area contributed by atoms with E-state index in [-0.39, 0.29) is 4.48 Å². The van der Waals surface area contributed by atoms with Gasteiger partial charge in [-0.05, 0) is 13.5 Å². The van der Waals surface area contributed by atoms with Crippen LogP contribution in [0.3, 0.4) is 0 Å². The van der Waals surface area contributed by atoms with Crippen molar-refractivity contribution in [3.05, 3.63) is 0 Å². The van der Waals surface area contributed by atoms with Gasteiger partial charge in [-0.25, -0.2) is 0 Å². The summed E-state index contributed by atoms with van der Waals surface area (Å²) in [5.41, 5.74) is 0. The number of carboxylic acid groups (broad SMARTS) is 1. The molecule has 13 heavy (non-hydrogen) atoms. The van der Waals surface area contributed by atoms with E-state index in [1.54, 1.807) is 0 Å². The fourth-order valence-electron chi connectivity index (χ4n) is 1.85. The van der Waals surface area contributed by atoms with Crippen LogP contribution in [0.25, 0.3) is 0 Å². The first-order valence-corrected chi connectivity index (χ1v) is 4.87. The molecule has 0 radical (unpaired) electrons. The van der Waals surface area contributed by atoms with Gasteiger partial charge < -0.3 is 9.90 Å². The highest BCUT2D eigenvalue weighted by molar-refractivity contribution is 5.54. The highest BCUT2D eigenvalue weighted by atomic mass is 16.4. The van der Waals surface area contributed by atoms with Crippen LogP contribution in [0.2, 0.25) is 0 Å². The number of carbonyl (C=O) groups excluding carboxylic acids is 1. The zero-order valence-corrected chi connectivity index (χ0v) is 8.45. The zero-order valence-electron chi connectivity index (χ0n) is 8.45. The van der Waals surface area contributed by atoms with Gasteiger partial charge in [-0.15, -0.1) is 0 Å². The molecule has 0 aliphatic carbocycles. The Bertz CT molecular complexity index is 196. The maximum atomic E-state index is 11.0. The lowest BCUT2D eigenvalue weighted by atomic mass is 10.3. The van der Waals surface area contributed by atoms with Crippen molar-refractivity contribution in [2.45, 2.75) is 19.8 Å². The van der Waals surface area contributed by atoms with E-state index in [1.807, 2.05) is 11.9 Å². The standard InChI is InChI=1S/C9H18N2O2/c1-3-4-6-11(9(12)13)7-5-10(2)8-11/h3-8H2,1-2H3. The minimum atomic E-state index is -0.919. The maximum absolute atomic E-state index is 11.0. The Morgan fingerprint density at radius 1 is 1.62 bits per heavy atom. The Balaban J connectivity index is 2.60. The lowest BCUT2D eigenvalue weighted by Crippen LogP contribution is -2.58. The SMILES string of the molecule is CCCC[N+]1(C(=O)[O-])CCN(C)C1. The number of unbranched alkanes of at least 4 members (excludes halogenated alkanes) is 1. The van der Waals surface area contributed by atoms with E-state index in [4.69, 9.17) is 0 Å². The van der Waals surface area contributed by atoms with Crippen LogP contribution in [0.5, 0.6) is 0 Å². The molecule has 1 atom stereocenters. The van der Waals surface area contributed by atoms with Crippen LogP contribution in [0.15, 0.2) is 0 Å². The predicted molar refractivity (Wildman–Crippen MR) is 47.8 cm³/mol. The molecule has 1 heterocycles. The molecule has 0 saturated carbocycles. The molecule has 1 fully saturated rings. The van der Waals surface area contributed by atoms with Crippen LogP contribution in [0.1, 0.15) is 19.8 Å². The molecule has 0 aromatic heterocycles. The first kappa shape index (κ1) is 10.5. The zero-order chi connectivity index (χ0) is 9.90. The summed E-state index contributed by atoms with van der Waals surface area (Å²) in [6.07, 6.45) is 1.08. The number of amides is 1. The molecule has 0 N–H and O–H groups in total. The number of nitrogens with zero attached hydrogens (tertiary/aromatic N) is 2. The normalized spacial score (nSPS) is 29.4. The molecule has 1 amide bonds. The first-order chi connectivity index (χ1) is 6.10. The summed E-state index contributed by atoms with van der Waals surface area (Å²) in [5, 5.41) is 11.0. The van der Waals surface area contributed by atoms with Gasteiger partial charge in [-0.1, -0.05) is 13.3 Å². The number of likely N-dealkylation sites (N-methyl/N-ethyl adjacent to an activating group) is 1.